The van der Waals surface area contributed by atoms with Gasteiger partial charge in [-0.2, -0.15) is 0 Å². The Kier molecular flexibility index (Phi) is 9.41. The lowest BCUT2D eigenvalue weighted by Gasteiger charge is -1.93. The van der Waals surface area contributed by atoms with Crippen LogP contribution < -0.4 is 0 Å². The van der Waals surface area contributed by atoms with E-state index in [1.54, 1.807) is 6.92 Å². The van der Waals surface area contributed by atoms with E-state index in [1.165, 1.54) is 11.1 Å². The summed E-state index contributed by atoms with van der Waals surface area (Å²) in [5.74, 6) is 0. The number of hydrogen-bond donors (Lipinski definition) is 1. The van der Waals surface area contributed by atoms with Crippen LogP contribution in [0.2, 0.25) is 0 Å². The monoisotopic (exact) mass is 170 g/mol. The molecule has 0 unspecified atom stereocenters. The van der Waals surface area contributed by atoms with Crippen molar-refractivity contribution in [1.29, 1.82) is 0 Å². The van der Waals surface area contributed by atoms with Gasteiger partial charge in [-0.1, -0.05) is 24.3 Å². The maximum absolute atomic E-state index is 7.57. The Labute approximate surface area is 74.2 Å². The Morgan fingerprint density at radius 2 is 1.33 bits per heavy atom. The third kappa shape index (κ3) is 5.89. The zero-order chi connectivity index (χ0) is 8.69. The van der Waals surface area contributed by atoms with Crippen LogP contribution in [0.1, 0.15) is 18.1 Å². The standard InChI is InChI=1S/C8H10.C2H6O.H2O/c1-7-5-3-4-6-8(7)2;1-2-3;/h3-6H,1-2H3;3H,2H2,1H3;1H2. The third-order valence-electron chi connectivity index (χ3n) is 1.43. The lowest BCUT2D eigenvalue weighted by atomic mass is 10.1. The topological polar surface area (TPSA) is 51.7 Å². The van der Waals surface area contributed by atoms with Crippen molar-refractivity contribution >= 4 is 0 Å². The molecule has 0 amide bonds. The van der Waals surface area contributed by atoms with Crippen LogP contribution in [-0.4, -0.2) is 17.2 Å². The van der Waals surface area contributed by atoms with Gasteiger partial charge in [0.15, 0.2) is 0 Å². The van der Waals surface area contributed by atoms with Gasteiger partial charge in [-0.15, -0.1) is 0 Å². The summed E-state index contributed by atoms with van der Waals surface area (Å²) in [6.45, 7) is 6.17. The molecule has 0 aliphatic heterocycles. The first kappa shape index (κ1) is 13.7. The zero-order valence-electron chi connectivity index (χ0n) is 7.96. The Balaban J connectivity index is 0. The molecule has 2 nitrogen and oxygen atoms in total. The summed E-state index contributed by atoms with van der Waals surface area (Å²) in [5.41, 5.74) is 2.74. The number of aliphatic hydroxyl groups excluding tert-OH is 1. The largest absolute Gasteiger partial charge is 0.412 e. The average molecular weight is 170 g/mol. The van der Waals surface area contributed by atoms with Crippen molar-refractivity contribution in [3.05, 3.63) is 35.4 Å². The van der Waals surface area contributed by atoms with Gasteiger partial charge in [-0.05, 0) is 31.9 Å². The number of aliphatic hydroxyl groups is 1. The Morgan fingerprint density at radius 1 is 1.08 bits per heavy atom. The zero-order valence-corrected chi connectivity index (χ0v) is 7.96. The lowest BCUT2D eigenvalue weighted by Crippen LogP contribution is -1.74. The van der Waals surface area contributed by atoms with Crippen LogP contribution in [0, 0.1) is 13.8 Å². The van der Waals surface area contributed by atoms with Gasteiger partial charge in [0.05, 0.1) is 0 Å². The molecule has 12 heavy (non-hydrogen) atoms. The molecular formula is C10H18O2. The van der Waals surface area contributed by atoms with Crippen molar-refractivity contribution in [1.82, 2.24) is 0 Å². The summed E-state index contributed by atoms with van der Waals surface area (Å²) in [7, 11) is 0. The molecule has 1 rings (SSSR count). The fourth-order valence-electron chi connectivity index (χ4n) is 0.663. The molecule has 3 N–H and O–H groups in total. The molecule has 0 atom stereocenters. The summed E-state index contributed by atoms with van der Waals surface area (Å²) in [6, 6.07) is 8.36. The fraction of sp³-hybridized carbons (Fsp3) is 0.400. The van der Waals surface area contributed by atoms with Gasteiger partial charge < -0.3 is 10.6 Å². The summed E-state index contributed by atoms with van der Waals surface area (Å²) >= 11 is 0. The van der Waals surface area contributed by atoms with Gasteiger partial charge in [0.25, 0.3) is 0 Å². The summed E-state index contributed by atoms with van der Waals surface area (Å²) < 4.78 is 0. The lowest BCUT2D eigenvalue weighted by molar-refractivity contribution is 0.318. The van der Waals surface area contributed by atoms with Crippen LogP contribution in [0.5, 0.6) is 0 Å². The van der Waals surface area contributed by atoms with Gasteiger partial charge >= 0.3 is 0 Å². The minimum atomic E-state index is 0. The van der Waals surface area contributed by atoms with Crippen molar-refractivity contribution < 1.29 is 10.6 Å². The molecule has 0 saturated heterocycles. The van der Waals surface area contributed by atoms with Crippen molar-refractivity contribution in [2.24, 2.45) is 0 Å². The second-order valence-electron chi connectivity index (χ2n) is 2.40. The molecule has 0 heterocycles. The molecular weight excluding hydrogens is 152 g/mol. The van der Waals surface area contributed by atoms with E-state index in [-0.39, 0.29) is 12.1 Å². The van der Waals surface area contributed by atoms with Crippen LogP contribution in [0.4, 0.5) is 0 Å². The van der Waals surface area contributed by atoms with Gasteiger partial charge in [0.2, 0.25) is 0 Å². The maximum Gasteiger partial charge on any atom is 0.0402 e. The summed E-state index contributed by atoms with van der Waals surface area (Å²) in [6.07, 6.45) is 0. The highest BCUT2D eigenvalue weighted by Gasteiger charge is 1.83. The van der Waals surface area contributed by atoms with Gasteiger partial charge in [-0.25, -0.2) is 0 Å². The number of rotatable bonds is 0. The van der Waals surface area contributed by atoms with E-state index in [2.05, 4.69) is 38.1 Å². The van der Waals surface area contributed by atoms with Crippen LogP contribution in [0.15, 0.2) is 24.3 Å². The molecule has 0 saturated carbocycles. The van der Waals surface area contributed by atoms with Gasteiger partial charge in [0.1, 0.15) is 0 Å². The minimum Gasteiger partial charge on any atom is -0.412 e. The molecule has 0 spiro atoms. The molecule has 1 aromatic rings. The average Bonchev–Trinajstić information content (AvgIpc) is 1.97. The first-order valence-corrected chi connectivity index (χ1v) is 3.85. The van der Waals surface area contributed by atoms with Crippen LogP contribution in [0.3, 0.4) is 0 Å². The molecule has 0 aromatic heterocycles. The molecule has 2 heteroatoms. The smallest absolute Gasteiger partial charge is 0.0402 e. The molecule has 0 bridgehead atoms. The SMILES string of the molecule is CCO.Cc1ccccc1C.O. The Morgan fingerprint density at radius 3 is 1.50 bits per heavy atom. The van der Waals surface area contributed by atoms with Crippen molar-refractivity contribution in [3.63, 3.8) is 0 Å². The highest BCUT2D eigenvalue weighted by molar-refractivity contribution is 5.23. The normalized spacial score (nSPS) is 7.67. The quantitative estimate of drug-likeness (QED) is 0.630. The van der Waals surface area contributed by atoms with Gasteiger partial charge in [-0.3, -0.25) is 0 Å². The van der Waals surface area contributed by atoms with Crippen LogP contribution in [-0.2, 0) is 0 Å². The van der Waals surface area contributed by atoms with E-state index in [0.29, 0.717) is 0 Å². The maximum atomic E-state index is 7.57. The number of hydrogen-bond acceptors (Lipinski definition) is 1. The molecule has 70 valence electrons. The molecule has 0 radical (unpaired) electrons. The minimum absolute atomic E-state index is 0. The van der Waals surface area contributed by atoms with E-state index in [4.69, 9.17) is 5.11 Å². The Hall–Kier alpha value is -0.860. The van der Waals surface area contributed by atoms with E-state index >= 15 is 0 Å². The highest BCUT2D eigenvalue weighted by atomic mass is 16.2. The van der Waals surface area contributed by atoms with Crippen LogP contribution in [0.25, 0.3) is 0 Å². The second kappa shape index (κ2) is 8.24. The van der Waals surface area contributed by atoms with Crippen molar-refractivity contribution in [2.75, 3.05) is 6.61 Å². The van der Waals surface area contributed by atoms with Gasteiger partial charge in [0, 0.05) is 6.61 Å². The predicted octanol–water partition coefficient (Wildman–Crippen LogP) is 1.48. The van der Waals surface area contributed by atoms with Crippen LogP contribution >= 0.6 is 0 Å². The van der Waals surface area contributed by atoms with Crippen molar-refractivity contribution in [3.8, 4) is 0 Å². The second-order valence-corrected chi connectivity index (χ2v) is 2.40. The first-order chi connectivity index (χ1) is 5.22. The van der Waals surface area contributed by atoms with E-state index in [0.717, 1.165) is 0 Å². The molecule has 0 fully saturated rings. The van der Waals surface area contributed by atoms with E-state index < -0.39 is 0 Å². The summed E-state index contributed by atoms with van der Waals surface area (Å²) in [4.78, 5) is 0. The number of benzene rings is 1. The molecule has 0 aliphatic carbocycles. The first-order valence-electron chi connectivity index (χ1n) is 3.85. The molecule has 0 aliphatic rings. The fourth-order valence-corrected chi connectivity index (χ4v) is 0.663. The van der Waals surface area contributed by atoms with Crippen molar-refractivity contribution in [2.45, 2.75) is 20.8 Å². The van der Waals surface area contributed by atoms with E-state index in [1.807, 2.05) is 0 Å². The Bertz CT molecular complexity index is 176. The number of aryl methyl sites for hydroxylation is 2. The molecule has 1 aromatic carbocycles. The third-order valence-corrected chi connectivity index (χ3v) is 1.43. The summed E-state index contributed by atoms with van der Waals surface area (Å²) in [5, 5.41) is 7.57. The highest BCUT2D eigenvalue weighted by Crippen LogP contribution is 2.02. The predicted molar refractivity (Wildman–Crippen MR) is 52.3 cm³/mol. The van der Waals surface area contributed by atoms with E-state index in [9.17, 15) is 0 Å².